The SMILES string of the molecule is COc1cc([C@H]2Nc3cc(Cl)ccc3O[C@@H]2C)ccc1O. The number of benzene rings is 2. The molecule has 0 fully saturated rings. The summed E-state index contributed by atoms with van der Waals surface area (Å²) in [4.78, 5) is 0. The Balaban J connectivity index is 1.96. The van der Waals surface area contributed by atoms with Crippen LogP contribution in [0.5, 0.6) is 17.2 Å². The summed E-state index contributed by atoms with van der Waals surface area (Å²) in [6, 6.07) is 10.7. The highest BCUT2D eigenvalue weighted by atomic mass is 35.5. The van der Waals surface area contributed by atoms with Crippen LogP contribution in [0.25, 0.3) is 0 Å². The Morgan fingerprint density at radius 2 is 2.05 bits per heavy atom. The molecule has 0 saturated heterocycles. The van der Waals surface area contributed by atoms with E-state index in [2.05, 4.69) is 5.32 Å². The first-order valence-corrected chi connectivity index (χ1v) is 7.06. The second kappa shape index (κ2) is 5.37. The third-order valence-corrected chi connectivity index (χ3v) is 3.83. The number of phenols is 1. The Labute approximate surface area is 128 Å². The van der Waals surface area contributed by atoms with Gasteiger partial charge < -0.3 is 19.9 Å². The van der Waals surface area contributed by atoms with Crippen molar-refractivity contribution < 1.29 is 14.6 Å². The average Bonchev–Trinajstić information content (AvgIpc) is 2.48. The van der Waals surface area contributed by atoms with Crippen LogP contribution in [0.4, 0.5) is 5.69 Å². The summed E-state index contributed by atoms with van der Waals surface area (Å²) in [6.45, 7) is 1.99. The van der Waals surface area contributed by atoms with Gasteiger partial charge in [-0.1, -0.05) is 17.7 Å². The van der Waals surface area contributed by atoms with Crippen LogP contribution in [0.15, 0.2) is 36.4 Å². The fourth-order valence-electron chi connectivity index (χ4n) is 2.51. The van der Waals surface area contributed by atoms with E-state index in [9.17, 15) is 5.11 Å². The van der Waals surface area contributed by atoms with E-state index in [4.69, 9.17) is 21.1 Å². The van der Waals surface area contributed by atoms with Crippen LogP contribution < -0.4 is 14.8 Å². The van der Waals surface area contributed by atoms with Crippen LogP contribution in [0.2, 0.25) is 5.02 Å². The van der Waals surface area contributed by atoms with Gasteiger partial charge in [-0.25, -0.2) is 0 Å². The molecular formula is C16H16ClNO3. The number of methoxy groups -OCH3 is 1. The standard InChI is InChI=1S/C16H16ClNO3/c1-9-16(10-3-5-13(19)15(7-10)20-2)18-12-8-11(17)4-6-14(12)21-9/h3-9,16,18-19H,1-2H3/t9-,16+/m1/s1. The maximum absolute atomic E-state index is 9.70. The molecule has 4 nitrogen and oxygen atoms in total. The van der Waals surface area contributed by atoms with Crippen molar-refractivity contribution in [2.24, 2.45) is 0 Å². The molecule has 1 heterocycles. The highest BCUT2D eigenvalue weighted by Gasteiger charge is 2.28. The normalized spacial score (nSPS) is 20.1. The van der Waals surface area contributed by atoms with Crippen LogP contribution in [0.1, 0.15) is 18.5 Å². The molecule has 21 heavy (non-hydrogen) atoms. The molecule has 0 radical (unpaired) electrons. The van der Waals surface area contributed by atoms with Crippen molar-refractivity contribution in [3.8, 4) is 17.2 Å². The summed E-state index contributed by atoms with van der Waals surface area (Å²) in [5.41, 5.74) is 1.83. The lowest BCUT2D eigenvalue weighted by Gasteiger charge is -2.33. The lowest BCUT2D eigenvalue weighted by atomic mass is 9.99. The topological polar surface area (TPSA) is 50.7 Å². The Kier molecular flexibility index (Phi) is 3.55. The Morgan fingerprint density at radius 3 is 2.81 bits per heavy atom. The van der Waals surface area contributed by atoms with Crippen LogP contribution in [0.3, 0.4) is 0 Å². The predicted octanol–water partition coefficient (Wildman–Crippen LogP) is 3.99. The minimum Gasteiger partial charge on any atom is -0.504 e. The molecule has 0 aliphatic carbocycles. The van der Waals surface area contributed by atoms with Crippen molar-refractivity contribution in [1.82, 2.24) is 0 Å². The van der Waals surface area contributed by atoms with Gasteiger partial charge in [-0.15, -0.1) is 0 Å². The van der Waals surface area contributed by atoms with Gasteiger partial charge in [-0.3, -0.25) is 0 Å². The van der Waals surface area contributed by atoms with Crippen LogP contribution in [0, 0.1) is 0 Å². The summed E-state index contributed by atoms with van der Waals surface area (Å²) in [5, 5.41) is 13.8. The summed E-state index contributed by atoms with van der Waals surface area (Å²) in [5.74, 6) is 1.35. The molecule has 2 aromatic carbocycles. The Bertz CT molecular complexity index is 675. The van der Waals surface area contributed by atoms with Crippen molar-refractivity contribution in [2.75, 3.05) is 12.4 Å². The third kappa shape index (κ3) is 2.59. The summed E-state index contributed by atoms with van der Waals surface area (Å²) < 4.78 is 11.1. The fourth-order valence-corrected chi connectivity index (χ4v) is 2.69. The molecule has 0 spiro atoms. The lowest BCUT2D eigenvalue weighted by molar-refractivity contribution is 0.187. The van der Waals surface area contributed by atoms with Crippen molar-refractivity contribution in [3.05, 3.63) is 47.0 Å². The van der Waals surface area contributed by atoms with E-state index < -0.39 is 0 Å². The number of phenolic OH excluding ortho intramolecular Hbond substituents is 1. The van der Waals surface area contributed by atoms with Crippen molar-refractivity contribution in [3.63, 3.8) is 0 Å². The third-order valence-electron chi connectivity index (χ3n) is 3.60. The van der Waals surface area contributed by atoms with Gasteiger partial charge in [0.15, 0.2) is 11.5 Å². The van der Waals surface area contributed by atoms with E-state index in [-0.39, 0.29) is 17.9 Å². The number of halogens is 1. The molecule has 0 unspecified atom stereocenters. The van der Waals surface area contributed by atoms with E-state index in [1.165, 1.54) is 7.11 Å². The van der Waals surface area contributed by atoms with Gasteiger partial charge in [0, 0.05) is 5.02 Å². The van der Waals surface area contributed by atoms with Crippen LogP contribution >= 0.6 is 11.6 Å². The number of fused-ring (bicyclic) bond motifs is 1. The first-order valence-electron chi connectivity index (χ1n) is 6.68. The van der Waals surface area contributed by atoms with Gasteiger partial charge in [0.05, 0.1) is 18.8 Å². The van der Waals surface area contributed by atoms with Gasteiger partial charge in [0.2, 0.25) is 0 Å². The number of anilines is 1. The predicted molar refractivity (Wildman–Crippen MR) is 82.6 cm³/mol. The maximum atomic E-state index is 9.70. The Morgan fingerprint density at radius 1 is 1.24 bits per heavy atom. The average molecular weight is 306 g/mol. The minimum atomic E-state index is -0.0621. The first-order chi connectivity index (χ1) is 10.1. The first kappa shape index (κ1) is 13.9. The van der Waals surface area contributed by atoms with E-state index in [0.717, 1.165) is 17.0 Å². The van der Waals surface area contributed by atoms with Crippen LogP contribution in [-0.4, -0.2) is 18.3 Å². The zero-order valence-electron chi connectivity index (χ0n) is 11.8. The second-order valence-electron chi connectivity index (χ2n) is 5.02. The van der Waals surface area contributed by atoms with Crippen molar-refractivity contribution in [2.45, 2.75) is 19.1 Å². The Hall–Kier alpha value is -2.07. The molecule has 0 bridgehead atoms. The van der Waals surface area contributed by atoms with Crippen LogP contribution in [-0.2, 0) is 0 Å². The quantitative estimate of drug-likeness (QED) is 0.881. The number of rotatable bonds is 2. The monoisotopic (exact) mass is 305 g/mol. The fraction of sp³-hybridized carbons (Fsp3) is 0.250. The number of aromatic hydroxyl groups is 1. The highest BCUT2D eigenvalue weighted by Crippen LogP contribution is 2.40. The van der Waals surface area contributed by atoms with Gasteiger partial charge >= 0.3 is 0 Å². The van der Waals surface area contributed by atoms with Crippen molar-refractivity contribution >= 4 is 17.3 Å². The van der Waals surface area contributed by atoms with E-state index in [1.54, 1.807) is 12.1 Å². The van der Waals surface area contributed by atoms with Gasteiger partial charge in [0.1, 0.15) is 11.9 Å². The molecule has 2 aromatic rings. The molecular weight excluding hydrogens is 290 g/mol. The largest absolute Gasteiger partial charge is 0.504 e. The lowest BCUT2D eigenvalue weighted by Crippen LogP contribution is -2.32. The number of hydrogen-bond donors (Lipinski definition) is 2. The van der Waals surface area contributed by atoms with E-state index in [1.807, 2.05) is 31.2 Å². The van der Waals surface area contributed by atoms with Gasteiger partial charge in [0.25, 0.3) is 0 Å². The van der Waals surface area contributed by atoms with E-state index >= 15 is 0 Å². The molecule has 3 rings (SSSR count). The molecule has 0 aromatic heterocycles. The molecule has 110 valence electrons. The molecule has 2 atom stereocenters. The van der Waals surface area contributed by atoms with Gasteiger partial charge in [-0.05, 0) is 42.8 Å². The smallest absolute Gasteiger partial charge is 0.160 e. The number of hydrogen-bond acceptors (Lipinski definition) is 4. The summed E-state index contributed by atoms with van der Waals surface area (Å²) >= 11 is 6.03. The molecule has 2 N–H and O–H groups in total. The molecule has 1 aliphatic heterocycles. The molecule has 1 aliphatic rings. The molecule has 5 heteroatoms. The van der Waals surface area contributed by atoms with Crippen molar-refractivity contribution in [1.29, 1.82) is 0 Å². The summed E-state index contributed by atoms with van der Waals surface area (Å²) in [6.07, 6.45) is -0.0621. The summed E-state index contributed by atoms with van der Waals surface area (Å²) in [7, 11) is 1.53. The van der Waals surface area contributed by atoms with Gasteiger partial charge in [-0.2, -0.15) is 0 Å². The number of ether oxygens (including phenoxy) is 2. The maximum Gasteiger partial charge on any atom is 0.160 e. The minimum absolute atomic E-state index is 0.0505. The van der Waals surface area contributed by atoms with E-state index in [0.29, 0.717) is 10.8 Å². The molecule has 0 saturated carbocycles. The zero-order valence-corrected chi connectivity index (χ0v) is 12.5. The highest BCUT2D eigenvalue weighted by molar-refractivity contribution is 6.30. The number of nitrogens with one attached hydrogen (secondary N) is 1. The zero-order chi connectivity index (χ0) is 15.0. The molecule has 0 amide bonds. The second-order valence-corrected chi connectivity index (χ2v) is 5.45.